The molecule has 5 nitrogen and oxygen atoms in total. The Morgan fingerprint density at radius 2 is 1.47 bits per heavy atom. The van der Waals surface area contributed by atoms with Crippen LogP contribution >= 0.6 is 24.0 Å². The molecule has 0 radical (unpaired) electrons. The molecule has 1 unspecified atom stereocenters. The van der Waals surface area contributed by atoms with Gasteiger partial charge in [-0.15, -0.1) is 12.4 Å². The standard InChI is InChI=1S/C26H36ClN3O2S.ClH/c27-24-12-10-23(11-13-24)26(22-8-4-3-5-9-22)30-19-17-29(18-20-30)16-6-1-2-7-21-33(31,32)28-25-14-15-25;/h3-5,8-13,25-26,28H,1-2,6-7,14-21H2;1H. The zero-order valence-corrected chi connectivity index (χ0v) is 22.1. The molecule has 0 amide bonds. The van der Waals surface area contributed by atoms with E-state index in [1.165, 1.54) is 11.1 Å². The molecule has 188 valence electrons. The smallest absolute Gasteiger partial charge is 0.211 e. The highest BCUT2D eigenvalue weighted by atomic mass is 35.5. The maximum absolute atomic E-state index is 11.9. The predicted octanol–water partition coefficient (Wildman–Crippen LogP) is 5.11. The first kappa shape index (κ1) is 27.4. The minimum absolute atomic E-state index is 0. The molecule has 1 aliphatic heterocycles. The Morgan fingerprint density at radius 3 is 2.12 bits per heavy atom. The number of rotatable bonds is 12. The van der Waals surface area contributed by atoms with Crippen LogP contribution < -0.4 is 4.72 Å². The summed E-state index contributed by atoms with van der Waals surface area (Å²) in [5, 5.41) is 0.771. The lowest BCUT2D eigenvalue weighted by Crippen LogP contribution is -2.48. The molecule has 1 aliphatic carbocycles. The molecular formula is C26H37Cl2N3O2S. The van der Waals surface area contributed by atoms with E-state index >= 15 is 0 Å². The second-order valence-corrected chi connectivity index (χ2v) is 11.7. The van der Waals surface area contributed by atoms with Crippen molar-refractivity contribution in [3.63, 3.8) is 0 Å². The number of halogens is 2. The van der Waals surface area contributed by atoms with Gasteiger partial charge in [0.25, 0.3) is 0 Å². The largest absolute Gasteiger partial charge is 0.301 e. The number of sulfonamides is 1. The number of hydrogen-bond donors (Lipinski definition) is 1. The van der Waals surface area contributed by atoms with Crippen LogP contribution in [0.25, 0.3) is 0 Å². The van der Waals surface area contributed by atoms with E-state index in [9.17, 15) is 8.42 Å². The molecule has 2 aromatic carbocycles. The monoisotopic (exact) mass is 525 g/mol. The first-order chi connectivity index (χ1) is 16.0. The van der Waals surface area contributed by atoms with Crippen LogP contribution in [0.4, 0.5) is 0 Å². The molecule has 0 aromatic heterocycles. The average molecular weight is 527 g/mol. The third-order valence-corrected chi connectivity index (χ3v) is 8.40. The highest BCUT2D eigenvalue weighted by Gasteiger charge is 2.27. The van der Waals surface area contributed by atoms with Gasteiger partial charge in [0.15, 0.2) is 0 Å². The van der Waals surface area contributed by atoms with Crippen LogP contribution in [0.2, 0.25) is 5.02 Å². The van der Waals surface area contributed by atoms with Crippen molar-refractivity contribution in [2.75, 3.05) is 38.5 Å². The van der Waals surface area contributed by atoms with Crippen LogP contribution in [0.5, 0.6) is 0 Å². The molecule has 1 saturated carbocycles. The van der Waals surface area contributed by atoms with Gasteiger partial charge in [0.2, 0.25) is 10.0 Å². The van der Waals surface area contributed by atoms with Crippen molar-refractivity contribution in [2.45, 2.75) is 50.6 Å². The van der Waals surface area contributed by atoms with Crippen LogP contribution in [0.3, 0.4) is 0 Å². The molecule has 1 heterocycles. The van der Waals surface area contributed by atoms with Gasteiger partial charge in [0, 0.05) is 37.2 Å². The molecule has 1 saturated heterocycles. The quantitative estimate of drug-likeness (QED) is 0.391. The molecule has 34 heavy (non-hydrogen) atoms. The molecular weight excluding hydrogens is 489 g/mol. The zero-order chi connectivity index (χ0) is 23.1. The van der Waals surface area contributed by atoms with Gasteiger partial charge in [0.05, 0.1) is 11.8 Å². The van der Waals surface area contributed by atoms with Crippen molar-refractivity contribution >= 4 is 34.0 Å². The second kappa shape index (κ2) is 13.2. The Hall–Kier alpha value is -1.15. The first-order valence-electron chi connectivity index (χ1n) is 12.3. The van der Waals surface area contributed by atoms with Crippen molar-refractivity contribution < 1.29 is 8.42 Å². The van der Waals surface area contributed by atoms with Crippen LogP contribution in [-0.2, 0) is 10.0 Å². The van der Waals surface area contributed by atoms with E-state index in [0.717, 1.165) is 76.3 Å². The summed E-state index contributed by atoms with van der Waals surface area (Å²) in [6.07, 6.45) is 5.97. The fourth-order valence-corrected chi connectivity index (χ4v) is 6.21. The summed E-state index contributed by atoms with van der Waals surface area (Å²) in [6, 6.07) is 19.4. The molecule has 2 aliphatic rings. The van der Waals surface area contributed by atoms with E-state index in [2.05, 4.69) is 57.0 Å². The highest BCUT2D eigenvalue weighted by molar-refractivity contribution is 7.89. The topological polar surface area (TPSA) is 52.7 Å². The summed E-state index contributed by atoms with van der Waals surface area (Å²) < 4.78 is 26.6. The maximum atomic E-state index is 11.9. The van der Waals surface area contributed by atoms with E-state index in [-0.39, 0.29) is 30.2 Å². The zero-order valence-electron chi connectivity index (χ0n) is 19.7. The molecule has 2 aromatic rings. The van der Waals surface area contributed by atoms with Crippen molar-refractivity contribution in [3.8, 4) is 0 Å². The number of benzene rings is 2. The van der Waals surface area contributed by atoms with Crippen LogP contribution in [-0.4, -0.2) is 62.7 Å². The van der Waals surface area contributed by atoms with E-state index in [0.29, 0.717) is 0 Å². The first-order valence-corrected chi connectivity index (χ1v) is 14.3. The van der Waals surface area contributed by atoms with Gasteiger partial charge in [-0.25, -0.2) is 13.1 Å². The van der Waals surface area contributed by atoms with Crippen LogP contribution in [0.1, 0.15) is 55.7 Å². The average Bonchev–Trinajstić information content (AvgIpc) is 3.62. The number of piperazine rings is 1. The fourth-order valence-electron chi connectivity index (χ4n) is 4.63. The van der Waals surface area contributed by atoms with Crippen molar-refractivity contribution in [2.24, 2.45) is 0 Å². The minimum atomic E-state index is -3.06. The summed E-state index contributed by atoms with van der Waals surface area (Å²) >= 11 is 6.14. The summed E-state index contributed by atoms with van der Waals surface area (Å²) in [5.41, 5.74) is 2.60. The molecule has 2 fully saturated rings. The lowest BCUT2D eigenvalue weighted by atomic mass is 9.96. The Kier molecular flexibility index (Phi) is 10.7. The van der Waals surface area contributed by atoms with E-state index in [4.69, 9.17) is 11.6 Å². The molecule has 8 heteroatoms. The number of nitrogens with one attached hydrogen (secondary N) is 1. The van der Waals surface area contributed by atoms with Gasteiger partial charge in [-0.2, -0.15) is 0 Å². The third-order valence-electron chi connectivity index (χ3n) is 6.63. The van der Waals surface area contributed by atoms with Gasteiger partial charge in [-0.05, 0) is 55.5 Å². The van der Waals surface area contributed by atoms with Gasteiger partial charge in [-0.1, -0.05) is 66.9 Å². The predicted molar refractivity (Wildman–Crippen MR) is 143 cm³/mol. The molecule has 0 spiro atoms. The van der Waals surface area contributed by atoms with Gasteiger partial charge in [-0.3, -0.25) is 4.90 Å². The van der Waals surface area contributed by atoms with Gasteiger partial charge < -0.3 is 4.90 Å². The summed E-state index contributed by atoms with van der Waals surface area (Å²) in [7, 11) is -3.06. The Balaban J connectivity index is 0.00000324. The van der Waals surface area contributed by atoms with E-state index < -0.39 is 10.0 Å². The molecule has 1 N–H and O–H groups in total. The van der Waals surface area contributed by atoms with Crippen molar-refractivity contribution in [1.29, 1.82) is 0 Å². The molecule has 4 rings (SSSR count). The van der Waals surface area contributed by atoms with Crippen LogP contribution in [0, 0.1) is 0 Å². The summed E-state index contributed by atoms with van der Waals surface area (Å²) in [5.74, 6) is 0.272. The lowest BCUT2D eigenvalue weighted by molar-refractivity contribution is 0.108. The Morgan fingerprint density at radius 1 is 0.853 bits per heavy atom. The summed E-state index contributed by atoms with van der Waals surface area (Å²) in [6.45, 7) is 5.30. The third kappa shape index (κ3) is 8.51. The lowest BCUT2D eigenvalue weighted by Gasteiger charge is -2.40. The number of unbranched alkanes of at least 4 members (excludes halogenated alkanes) is 3. The Labute approximate surface area is 216 Å². The van der Waals surface area contributed by atoms with Crippen molar-refractivity contribution in [1.82, 2.24) is 14.5 Å². The SMILES string of the molecule is Cl.O=S(=O)(CCCCCCN1CCN(C(c2ccccc2)c2ccc(Cl)cc2)CC1)NC1CC1. The van der Waals surface area contributed by atoms with Crippen LogP contribution in [0.15, 0.2) is 54.6 Å². The molecule has 1 atom stereocenters. The normalized spacial score (nSPS) is 18.4. The fraction of sp³-hybridized carbons (Fsp3) is 0.538. The van der Waals surface area contributed by atoms with Gasteiger partial charge >= 0.3 is 0 Å². The maximum Gasteiger partial charge on any atom is 0.211 e. The van der Waals surface area contributed by atoms with Gasteiger partial charge in [0.1, 0.15) is 0 Å². The van der Waals surface area contributed by atoms with Crippen molar-refractivity contribution in [3.05, 3.63) is 70.7 Å². The Bertz CT molecular complexity index is 961. The van der Waals surface area contributed by atoms with E-state index in [1.54, 1.807) is 0 Å². The highest BCUT2D eigenvalue weighted by Crippen LogP contribution is 2.30. The number of nitrogens with zero attached hydrogens (tertiary/aromatic N) is 2. The molecule has 0 bridgehead atoms. The minimum Gasteiger partial charge on any atom is -0.301 e. The van der Waals surface area contributed by atoms with E-state index in [1.807, 2.05) is 12.1 Å². The second-order valence-electron chi connectivity index (χ2n) is 9.37. The number of hydrogen-bond acceptors (Lipinski definition) is 4. The summed E-state index contributed by atoms with van der Waals surface area (Å²) in [4.78, 5) is 5.12.